The van der Waals surface area contributed by atoms with Crippen molar-refractivity contribution in [3.05, 3.63) is 17.5 Å². The largest absolute Gasteiger partial charge is 0.310 e. The third-order valence-corrected chi connectivity index (χ3v) is 4.54. The highest BCUT2D eigenvalue weighted by molar-refractivity contribution is 5.10. The summed E-state index contributed by atoms with van der Waals surface area (Å²) in [5, 5.41) is 8.19. The Hall–Kier alpha value is -0.870. The van der Waals surface area contributed by atoms with Crippen LogP contribution in [0.4, 0.5) is 0 Å². The van der Waals surface area contributed by atoms with Crippen molar-refractivity contribution in [2.45, 2.75) is 59.7 Å². The van der Waals surface area contributed by atoms with E-state index < -0.39 is 0 Å². The van der Waals surface area contributed by atoms with E-state index in [4.69, 9.17) is 0 Å². The first-order chi connectivity index (χ1) is 9.09. The summed E-state index contributed by atoms with van der Waals surface area (Å²) < 4.78 is 2.01. The molecule has 0 aliphatic carbocycles. The quantitative estimate of drug-likeness (QED) is 0.901. The number of aryl methyl sites for hydroxylation is 2. The molecular formula is C16H30N4. The molecule has 1 unspecified atom stereocenters. The molecule has 4 nitrogen and oxygen atoms in total. The normalized spacial score (nSPS) is 24.1. The highest BCUT2D eigenvalue weighted by atomic mass is 15.3. The van der Waals surface area contributed by atoms with Crippen LogP contribution in [0.2, 0.25) is 0 Å². The van der Waals surface area contributed by atoms with E-state index in [2.05, 4.69) is 62.9 Å². The van der Waals surface area contributed by atoms with E-state index in [1.165, 1.54) is 5.69 Å². The van der Waals surface area contributed by atoms with E-state index in [-0.39, 0.29) is 11.0 Å². The van der Waals surface area contributed by atoms with E-state index in [0.717, 1.165) is 25.3 Å². The molecule has 1 aromatic rings. The molecule has 1 saturated heterocycles. The van der Waals surface area contributed by atoms with Gasteiger partial charge >= 0.3 is 0 Å². The molecular weight excluding hydrogens is 248 g/mol. The highest BCUT2D eigenvalue weighted by Crippen LogP contribution is 2.28. The molecule has 1 atom stereocenters. The first-order valence-electron chi connectivity index (χ1n) is 7.57. The monoisotopic (exact) mass is 278 g/mol. The highest BCUT2D eigenvalue weighted by Gasteiger charge is 2.38. The van der Waals surface area contributed by atoms with Crippen LogP contribution in [-0.4, -0.2) is 39.4 Å². The van der Waals surface area contributed by atoms with Gasteiger partial charge in [0.15, 0.2) is 0 Å². The predicted molar refractivity (Wildman–Crippen MR) is 83.7 cm³/mol. The number of rotatable bonds is 2. The molecule has 2 heterocycles. The third kappa shape index (κ3) is 3.23. The summed E-state index contributed by atoms with van der Waals surface area (Å²) in [5.41, 5.74) is 2.87. The third-order valence-electron chi connectivity index (χ3n) is 4.54. The van der Waals surface area contributed by atoms with Gasteiger partial charge in [-0.05, 0) is 32.3 Å². The maximum Gasteiger partial charge on any atom is 0.0597 e. The average molecular weight is 278 g/mol. The molecule has 20 heavy (non-hydrogen) atoms. The summed E-state index contributed by atoms with van der Waals surface area (Å²) in [7, 11) is 2.04. The van der Waals surface area contributed by atoms with Gasteiger partial charge in [-0.1, -0.05) is 20.8 Å². The van der Waals surface area contributed by atoms with Crippen LogP contribution in [0.1, 0.15) is 46.0 Å². The zero-order valence-corrected chi connectivity index (χ0v) is 14.1. The Morgan fingerprint density at radius 2 is 2.05 bits per heavy atom. The fourth-order valence-electron chi connectivity index (χ4n) is 2.88. The number of nitrogens with zero attached hydrogens (tertiary/aromatic N) is 3. The number of piperazine rings is 1. The molecule has 4 heteroatoms. The Morgan fingerprint density at radius 3 is 2.55 bits per heavy atom. The van der Waals surface area contributed by atoms with Crippen molar-refractivity contribution >= 4 is 0 Å². The Labute approximate surface area is 123 Å². The van der Waals surface area contributed by atoms with Crippen molar-refractivity contribution in [2.24, 2.45) is 12.5 Å². The van der Waals surface area contributed by atoms with Gasteiger partial charge in [-0.3, -0.25) is 9.58 Å². The molecule has 1 N–H and O–H groups in total. The predicted octanol–water partition coefficient (Wildman–Crippen LogP) is 2.33. The van der Waals surface area contributed by atoms with Crippen LogP contribution in [0.5, 0.6) is 0 Å². The van der Waals surface area contributed by atoms with E-state index >= 15 is 0 Å². The van der Waals surface area contributed by atoms with Crippen LogP contribution in [-0.2, 0) is 13.6 Å². The van der Waals surface area contributed by atoms with Gasteiger partial charge in [0, 0.05) is 38.3 Å². The lowest BCUT2D eigenvalue weighted by Crippen LogP contribution is -2.64. The van der Waals surface area contributed by atoms with Gasteiger partial charge in [-0.2, -0.15) is 5.10 Å². The molecule has 0 saturated carbocycles. The minimum absolute atomic E-state index is 0.180. The number of hydrogen-bond donors (Lipinski definition) is 1. The van der Waals surface area contributed by atoms with Crippen molar-refractivity contribution in [1.29, 1.82) is 0 Å². The molecule has 1 aliphatic rings. The molecule has 1 aromatic heterocycles. The lowest BCUT2D eigenvalue weighted by molar-refractivity contribution is 0.0278. The fourth-order valence-corrected chi connectivity index (χ4v) is 2.88. The van der Waals surface area contributed by atoms with Gasteiger partial charge in [-0.15, -0.1) is 0 Å². The van der Waals surface area contributed by atoms with Gasteiger partial charge in [0.05, 0.1) is 11.4 Å². The first-order valence-corrected chi connectivity index (χ1v) is 7.57. The maximum absolute atomic E-state index is 4.47. The summed E-state index contributed by atoms with van der Waals surface area (Å²) >= 11 is 0. The van der Waals surface area contributed by atoms with E-state index in [9.17, 15) is 0 Å². The van der Waals surface area contributed by atoms with E-state index in [1.807, 2.05) is 11.7 Å². The topological polar surface area (TPSA) is 33.1 Å². The first kappa shape index (κ1) is 15.5. The van der Waals surface area contributed by atoms with Gasteiger partial charge in [-0.25, -0.2) is 0 Å². The van der Waals surface area contributed by atoms with Crippen molar-refractivity contribution in [3.8, 4) is 0 Å². The van der Waals surface area contributed by atoms with Crippen molar-refractivity contribution in [3.63, 3.8) is 0 Å². The second-order valence-corrected chi connectivity index (χ2v) is 7.89. The summed E-state index contributed by atoms with van der Waals surface area (Å²) in [6.45, 7) is 16.7. The van der Waals surface area contributed by atoms with Crippen LogP contribution in [0.3, 0.4) is 0 Å². The Kier molecular flexibility index (Phi) is 4.00. The fraction of sp³-hybridized carbons (Fsp3) is 0.812. The summed E-state index contributed by atoms with van der Waals surface area (Å²) in [6.07, 6.45) is 0. The van der Waals surface area contributed by atoms with Crippen LogP contribution in [0, 0.1) is 12.3 Å². The molecule has 0 amide bonds. The standard InChI is InChI=1S/C16H30N4/c1-12-8-13(19(7)18-12)9-20-10-14(15(2,3)4)17-11-16(20,5)6/h8,14,17H,9-11H2,1-7H3. The van der Waals surface area contributed by atoms with Crippen LogP contribution < -0.4 is 5.32 Å². The van der Waals surface area contributed by atoms with Crippen molar-refractivity contribution in [2.75, 3.05) is 13.1 Å². The summed E-state index contributed by atoms with van der Waals surface area (Å²) in [5.74, 6) is 0. The zero-order chi connectivity index (χ0) is 15.1. The SMILES string of the molecule is Cc1cc(CN2CC(C(C)(C)C)NCC2(C)C)n(C)n1. The lowest BCUT2D eigenvalue weighted by Gasteiger charge is -2.49. The number of hydrogen-bond acceptors (Lipinski definition) is 3. The van der Waals surface area contributed by atoms with Crippen LogP contribution in [0.25, 0.3) is 0 Å². The van der Waals surface area contributed by atoms with E-state index in [1.54, 1.807) is 0 Å². The Morgan fingerprint density at radius 1 is 1.40 bits per heavy atom. The van der Waals surface area contributed by atoms with Crippen molar-refractivity contribution < 1.29 is 0 Å². The maximum atomic E-state index is 4.47. The second-order valence-electron chi connectivity index (χ2n) is 7.89. The molecule has 114 valence electrons. The van der Waals surface area contributed by atoms with Crippen LogP contribution in [0.15, 0.2) is 6.07 Å². The average Bonchev–Trinajstić information content (AvgIpc) is 2.58. The summed E-state index contributed by atoms with van der Waals surface area (Å²) in [6, 6.07) is 2.73. The van der Waals surface area contributed by atoms with Gasteiger partial charge in [0.2, 0.25) is 0 Å². The number of nitrogens with one attached hydrogen (secondary N) is 1. The van der Waals surface area contributed by atoms with Crippen LogP contribution >= 0.6 is 0 Å². The van der Waals surface area contributed by atoms with Gasteiger partial charge in [0.25, 0.3) is 0 Å². The molecule has 0 aromatic carbocycles. The Balaban J connectivity index is 2.16. The van der Waals surface area contributed by atoms with Gasteiger partial charge < -0.3 is 5.32 Å². The molecule has 2 rings (SSSR count). The smallest absolute Gasteiger partial charge is 0.0597 e. The lowest BCUT2D eigenvalue weighted by atomic mass is 9.83. The molecule has 0 bridgehead atoms. The summed E-state index contributed by atoms with van der Waals surface area (Å²) in [4.78, 5) is 2.59. The minimum atomic E-state index is 0.180. The molecule has 0 spiro atoms. The molecule has 1 fully saturated rings. The molecule has 0 radical (unpaired) electrons. The minimum Gasteiger partial charge on any atom is -0.310 e. The zero-order valence-electron chi connectivity index (χ0n) is 14.1. The number of aromatic nitrogens is 2. The van der Waals surface area contributed by atoms with Gasteiger partial charge in [0.1, 0.15) is 0 Å². The van der Waals surface area contributed by atoms with Crippen molar-refractivity contribution in [1.82, 2.24) is 20.0 Å². The second kappa shape index (κ2) is 5.15. The Bertz CT molecular complexity index is 467. The van der Waals surface area contributed by atoms with E-state index in [0.29, 0.717) is 6.04 Å². The molecule has 1 aliphatic heterocycles.